The molecule has 0 aromatic rings. The average Bonchev–Trinajstić information content (AvgIpc) is 0.918. The summed E-state index contributed by atoms with van der Waals surface area (Å²) in [6.45, 7) is 0. The number of thiocyanates is 1. The van der Waals surface area contributed by atoms with Gasteiger partial charge in [-0.05, 0) is 0 Å². The maximum atomic E-state index is 7.18. The first-order valence-corrected chi connectivity index (χ1v) is 0.894. The van der Waals surface area contributed by atoms with Crippen LogP contribution in [0, 0.1) is 10.7 Å². The molecule has 0 aliphatic heterocycles. The zero-order valence-electron chi connectivity index (χ0n) is 3.89. The van der Waals surface area contributed by atoms with Crippen molar-refractivity contribution in [3.63, 3.8) is 0 Å². The summed E-state index contributed by atoms with van der Waals surface area (Å²) in [4.78, 5) is 0. The Balaban J connectivity index is -0.00000000133. The molecule has 0 aliphatic rings. The van der Waals surface area contributed by atoms with Crippen molar-refractivity contribution in [3.05, 3.63) is 0 Å². The van der Waals surface area contributed by atoms with Crippen LogP contribution < -0.4 is 0 Å². The second kappa shape index (κ2) is 188. The molecule has 0 saturated heterocycles. The van der Waals surface area contributed by atoms with Crippen molar-refractivity contribution < 1.29 is 27.4 Å². The summed E-state index contributed by atoms with van der Waals surface area (Å²) in [5.41, 5.74) is 0. The molecule has 0 unspecified atom stereocenters. The molecule has 8 heteroatoms. The number of nitriles is 1. The standard InChI is InChI=1S/CHNS.Na.5H2O.H/c2-1-3;;;;;;;/h3H;;5*1H2;. The van der Waals surface area contributed by atoms with Gasteiger partial charge in [0.25, 0.3) is 0 Å². The first kappa shape index (κ1) is 103. The Hall–Kier alpha value is 0.640. The van der Waals surface area contributed by atoms with Crippen LogP contribution in [0.2, 0.25) is 0 Å². The van der Waals surface area contributed by atoms with Crippen molar-refractivity contribution in [3.8, 4) is 5.40 Å². The zero-order chi connectivity index (χ0) is 2.71. The zero-order valence-corrected chi connectivity index (χ0v) is 4.79. The van der Waals surface area contributed by atoms with E-state index in [1.54, 1.807) is 0 Å². The Bertz CT molecular complexity index is 38.4. The first-order valence-electron chi connectivity index (χ1n) is 0.447. The van der Waals surface area contributed by atoms with E-state index >= 15 is 0 Å². The van der Waals surface area contributed by atoms with Crippen molar-refractivity contribution >= 4 is 42.2 Å². The molecule has 0 aromatic heterocycles. The first-order chi connectivity index (χ1) is 1.41. The molecule has 0 aliphatic carbocycles. The molecule has 0 saturated carbocycles. The van der Waals surface area contributed by atoms with Crippen LogP contribution in [-0.4, -0.2) is 56.9 Å². The minimum absolute atomic E-state index is 0. The Morgan fingerprint density at radius 1 is 0.889 bits per heavy atom. The number of rotatable bonds is 0. The van der Waals surface area contributed by atoms with E-state index in [1.807, 2.05) is 0 Å². The van der Waals surface area contributed by atoms with Crippen molar-refractivity contribution in [2.24, 2.45) is 0 Å². The van der Waals surface area contributed by atoms with Gasteiger partial charge < -0.3 is 27.4 Å². The van der Waals surface area contributed by atoms with Crippen LogP contribution in [0.15, 0.2) is 0 Å². The van der Waals surface area contributed by atoms with Crippen molar-refractivity contribution in [1.82, 2.24) is 0 Å². The number of hydrogen-bond acceptors (Lipinski definition) is 2. The van der Waals surface area contributed by atoms with Gasteiger partial charge in [-0.15, -0.1) is 0 Å². The van der Waals surface area contributed by atoms with E-state index in [0.29, 0.717) is 0 Å². The van der Waals surface area contributed by atoms with E-state index in [-0.39, 0.29) is 56.9 Å². The molecular weight excluding hydrogens is 161 g/mol. The molecule has 0 heterocycles. The van der Waals surface area contributed by atoms with Gasteiger partial charge in [-0.3, -0.25) is 0 Å². The summed E-state index contributed by atoms with van der Waals surface area (Å²) >= 11 is 3.09. The number of thiol groups is 1. The molecule has 9 heavy (non-hydrogen) atoms. The Morgan fingerprint density at radius 2 is 0.889 bits per heavy atom. The van der Waals surface area contributed by atoms with Crippen molar-refractivity contribution in [2.45, 2.75) is 0 Å². The van der Waals surface area contributed by atoms with Crippen LogP contribution in [0.1, 0.15) is 0 Å². The van der Waals surface area contributed by atoms with Gasteiger partial charge >= 0.3 is 29.6 Å². The molecule has 6 nitrogen and oxygen atoms in total. The SMILES string of the molecule is N#CS.O.O.O.O.O.[NaH]. The predicted molar refractivity (Wildman–Crippen MR) is 39.8 cm³/mol. The van der Waals surface area contributed by atoms with Gasteiger partial charge in [-0.1, -0.05) is 12.6 Å². The summed E-state index contributed by atoms with van der Waals surface area (Å²) < 4.78 is 0. The molecule has 0 radical (unpaired) electrons. The van der Waals surface area contributed by atoms with Crippen LogP contribution in [-0.2, 0) is 0 Å². The molecule has 0 bridgehead atoms. The van der Waals surface area contributed by atoms with E-state index in [9.17, 15) is 0 Å². The Kier molecular flexibility index (Phi) is 2150. The topological polar surface area (TPSA) is 181 Å². The van der Waals surface area contributed by atoms with Gasteiger partial charge in [-0.25, -0.2) is 0 Å². The van der Waals surface area contributed by atoms with E-state index < -0.39 is 0 Å². The third kappa shape index (κ3) is 930. The molecule has 0 aromatic carbocycles. The van der Waals surface area contributed by atoms with Crippen LogP contribution in [0.3, 0.4) is 0 Å². The van der Waals surface area contributed by atoms with Gasteiger partial charge in [0.05, 0.1) is 0 Å². The van der Waals surface area contributed by atoms with Gasteiger partial charge in [0.2, 0.25) is 0 Å². The summed E-state index contributed by atoms with van der Waals surface area (Å²) in [6.07, 6.45) is 0. The van der Waals surface area contributed by atoms with Crippen LogP contribution in [0.5, 0.6) is 0 Å². The fourth-order valence-corrected chi connectivity index (χ4v) is 0. The fourth-order valence-electron chi connectivity index (χ4n) is 0. The second-order valence-corrected chi connectivity index (χ2v) is 0.300. The summed E-state index contributed by atoms with van der Waals surface area (Å²) in [6, 6.07) is 0. The summed E-state index contributed by atoms with van der Waals surface area (Å²) in [7, 11) is 0. The van der Waals surface area contributed by atoms with E-state index in [2.05, 4.69) is 12.6 Å². The third-order valence-corrected chi connectivity index (χ3v) is 0. The Morgan fingerprint density at radius 3 is 0.889 bits per heavy atom. The quantitative estimate of drug-likeness (QED) is 0.217. The molecule has 0 atom stereocenters. The predicted octanol–water partition coefficient (Wildman–Crippen LogP) is -4.37. The molecular formula is CH12NNaO5S. The normalized spacial score (nSPS) is 0.889. The van der Waals surface area contributed by atoms with Gasteiger partial charge in [0.15, 0.2) is 0 Å². The molecule has 0 fully saturated rings. The fraction of sp³-hybridized carbons (Fsp3) is 0. The monoisotopic (exact) mass is 173 g/mol. The van der Waals surface area contributed by atoms with Crippen LogP contribution in [0.4, 0.5) is 0 Å². The van der Waals surface area contributed by atoms with Crippen LogP contribution in [0.25, 0.3) is 0 Å². The van der Waals surface area contributed by atoms with Crippen LogP contribution >= 0.6 is 12.6 Å². The minimum atomic E-state index is 0. The molecule has 0 spiro atoms. The average molecular weight is 173 g/mol. The second-order valence-electron chi connectivity index (χ2n) is 0.100. The molecule has 0 amide bonds. The van der Waals surface area contributed by atoms with E-state index in [0.717, 1.165) is 0 Å². The number of nitrogens with zero attached hydrogens (tertiary/aromatic N) is 1. The molecule has 10 N–H and O–H groups in total. The Labute approximate surface area is 80.1 Å². The summed E-state index contributed by atoms with van der Waals surface area (Å²) in [5.74, 6) is 0. The molecule has 58 valence electrons. The van der Waals surface area contributed by atoms with Crippen molar-refractivity contribution in [2.75, 3.05) is 0 Å². The molecule has 0 rings (SSSR count). The third-order valence-electron chi connectivity index (χ3n) is 0. The van der Waals surface area contributed by atoms with Gasteiger partial charge in [-0.2, -0.15) is 5.26 Å². The summed E-state index contributed by atoms with van der Waals surface area (Å²) in [5, 5.41) is 8.63. The maximum absolute atomic E-state index is 7.18. The number of hydrogen-bond donors (Lipinski definition) is 1. The van der Waals surface area contributed by atoms with Gasteiger partial charge in [0.1, 0.15) is 5.40 Å². The van der Waals surface area contributed by atoms with E-state index in [1.165, 1.54) is 5.40 Å². The van der Waals surface area contributed by atoms with Crippen molar-refractivity contribution in [1.29, 1.82) is 5.26 Å². The van der Waals surface area contributed by atoms with Gasteiger partial charge in [0, 0.05) is 0 Å². The van der Waals surface area contributed by atoms with E-state index in [4.69, 9.17) is 5.26 Å².